The Morgan fingerprint density at radius 2 is 2.00 bits per heavy atom. The van der Waals surface area contributed by atoms with E-state index in [1.165, 1.54) is 6.92 Å². The van der Waals surface area contributed by atoms with Gasteiger partial charge in [-0.1, -0.05) is 0 Å². The first-order chi connectivity index (χ1) is 4.77. The quantitative estimate of drug-likeness (QED) is 0.407. The van der Waals surface area contributed by atoms with Gasteiger partial charge in [-0.25, -0.2) is 0 Å². The summed E-state index contributed by atoms with van der Waals surface area (Å²) in [4.78, 5) is 10.1. The van der Waals surface area contributed by atoms with Crippen molar-refractivity contribution >= 4 is 5.97 Å². The Morgan fingerprint density at radius 3 is 2.45 bits per heavy atom. The molecule has 0 aromatic carbocycles. The minimum atomic E-state index is -0.312. The second kappa shape index (κ2) is 9.35. The van der Waals surface area contributed by atoms with Crippen molar-refractivity contribution in [1.29, 1.82) is 0 Å². The first-order valence-electron chi connectivity index (χ1n) is 3.09. The number of hydrogen-bond acceptors (Lipinski definition) is 4. The summed E-state index contributed by atoms with van der Waals surface area (Å²) >= 11 is 0. The van der Waals surface area contributed by atoms with E-state index in [0.29, 0.717) is 13.2 Å². The molecule has 68 valence electrons. The van der Waals surface area contributed by atoms with E-state index < -0.39 is 0 Å². The fourth-order valence-corrected chi connectivity index (χ4v) is 0.411. The Labute approximate surface area is 65.2 Å². The van der Waals surface area contributed by atoms with Crippen molar-refractivity contribution < 1.29 is 24.9 Å². The van der Waals surface area contributed by atoms with Crippen molar-refractivity contribution in [3.8, 4) is 0 Å². The van der Waals surface area contributed by atoms with Crippen LogP contribution in [0.15, 0.2) is 0 Å². The van der Waals surface area contributed by atoms with E-state index in [1.54, 1.807) is 0 Å². The van der Waals surface area contributed by atoms with Gasteiger partial charge >= 0.3 is 5.97 Å². The third kappa shape index (κ3) is 12.5. The molecule has 0 aromatic heterocycles. The number of aliphatic hydroxyl groups excluding tert-OH is 1. The maximum atomic E-state index is 10.1. The molecule has 0 atom stereocenters. The lowest BCUT2D eigenvalue weighted by atomic mass is 10.7. The van der Waals surface area contributed by atoms with Crippen molar-refractivity contribution in [2.45, 2.75) is 6.92 Å². The van der Waals surface area contributed by atoms with Gasteiger partial charge in [0.25, 0.3) is 0 Å². The minimum Gasteiger partial charge on any atom is -0.463 e. The molecule has 0 saturated heterocycles. The highest BCUT2D eigenvalue weighted by molar-refractivity contribution is 5.65. The van der Waals surface area contributed by atoms with Crippen LogP contribution in [0.2, 0.25) is 0 Å². The van der Waals surface area contributed by atoms with Gasteiger partial charge in [-0.2, -0.15) is 0 Å². The summed E-state index contributed by atoms with van der Waals surface area (Å²) in [6.07, 6.45) is 0. The van der Waals surface area contributed by atoms with Gasteiger partial charge in [0.05, 0.1) is 19.8 Å². The lowest BCUT2D eigenvalue weighted by Gasteiger charge is -2.01. The molecule has 0 amide bonds. The maximum absolute atomic E-state index is 10.1. The molecule has 0 aromatic rings. The summed E-state index contributed by atoms with van der Waals surface area (Å²) in [5.74, 6) is -0.312. The summed E-state index contributed by atoms with van der Waals surface area (Å²) in [6, 6.07) is 0. The third-order valence-electron chi connectivity index (χ3n) is 0.769. The normalized spacial score (nSPS) is 8.55. The van der Waals surface area contributed by atoms with Crippen LogP contribution in [0.25, 0.3) is 0 Å². The van der Waals surface area contributed by atoms with Crippen LogP contribution in [0.4, 0.5) is 0 Å². The molecule has 0 unspecified atom stereocenters. The van der Waals surface area contributed by atoms with Gasteiger partial charge in [0.1, 0.15) is 6.61 Å². The molecule has 5 nitrogen and oxygen atoms in total. The lowest BCUT2D eigenvalue weighted by molar-refractivity contribution is -0.142. The molecular formula is C6H14O5. The van der Waals surface area contributed by atoms with Crippen LogP contribution in [0.3, 0.4) is 0 Å². The molecule has 0 saturated carbocycles. The van der Waals surface area contributed by atoms with E-state index in [0.717, 1.165) is 0 Å². The molecule has 0 aliphatic heterocycles. The van der Waals surface area contributed by atoms with E-state index in [2.05, 4.69) is 4.74 Å². The Morgan fingerprint density at radius 1 is 1.36 bits per heavy atom. The largest absolute Gasteiger partial charge is 0.463 e. The van der Waals surface area contributed by atoms with Gasteiger partial charge in [-0.05, 0) is 0 Å². The molecule has 3 N–H and O–H groups in total. The Hall–Kier alpha value is -0.650. The summed E-state index contributed by atoms with van der Waals surface area (Å²) in [6.45, 7) is 2.24. The Kier molecular flexibility index (Phi) is 11.0. The average molecular weight is 166 g/mol. The van der Waals surface area contributed by atoms with Crippen molar-refractivity contribution in [2.75, 3.05) is 26.4 Å². The van der Waals surface area contributed by atoms with Crippen LogP contribution in [-0.2, 0) is 14.3 Å². The van der Waals surface area contributed by atoms with Crippen LogP contribution in [-0.4, -0.2) is 43.0 Å². The monoisotopic (exact) mass is 166 g/mol. The van der Waals surface area contributed by atoms with Crippen molar-refractivity contribution in [2.24, 2.45) is 0 Å². The molecule has 0 rings (SSSR count). The number of carbonyl (C=O) groups excluding carboxylic acids is 1. The molecule has 0 spiro atoms. The first kappa shape index (κ1) is 13.0. The molecule has 0 fully saturated rings. The van der Waals surface area contributed by atoms with E-state index >= 15 is 0 Å². The Bertz CT molecular complexity index is 93.0. The second-order valence-electron chi connectivity index (χ2n) is 1.68. The van der Waals surface area contributed by atoms with Crippen molar-refractivity contribution in [3.63, 3.8) is 0 Å². The molecule has 0 radical (unpaired) electrons. The van der Waals surface area contributed by atoms with E-state index in [4.69, 9.17) is 9.84 Å². The number of rotatable bonds is 5. The summed E-state index contributed by atoms with van der Waals surface area (Å²) < 4.78 is 9.35. The summed E-state index contributed by atoms with van der Waals surface area (Å²) in [5.41, 5.74) is 0. The van der Waals surface area contributed by atoms with Crippen molar-refractivity contribution in [1.82, 2.24) is 0 Å². The molecule has 5 heteroatoms. The van der Waals surface area contributed by atoms with Crippen molar-refractivity contribution in [3.05, 3.63) is 0 Å². The second-order valence-corrected chi connectivity index (χ2v) is 1.68. The standard InChI is InChI=1S/C6H12O4.H2O/c1-6(8)10-5-4-9-3-2-7;/h7H,2-5H2,1H3;1H2. The molecular weight excluding hydrogens is 152 g/mol. The predicted molar refractivity (Wildman–Crippen MR) is 38.2 cm³/mol. The SMILES string of the molecule is CC(=O)OCCOCCO.O. The predicted octanol–water partition coefficient (Wildman–Crippen LogP) is -1.27. The fraction of sp³-hybridized carbons (Fsp3) is 0.833. The highest BCUT2D eigenvalue weighted by Gasteiger charge is 1.90. The lowest BCUT2D eigenvalue weighted by Crippen LogP contribution is -2.09. The fourth-order valence-electron chi connectivity index (χ4n) is 0.411. The van der Waals surface area contributed by atoms with Gasteiger partial charge in [0, 0.05) is 6.92 Å². The van der Waals surface area contributed by atoms with E-state index in [1.807, 2.05) is 0 Å². The Balaban J connectivity index is 0. The zero-order chi connectivity index (χ0) is 7.82. The third-order valence-corrected chi connectivity index (χ3v) is 0.769. The van der Waals surface area contributed by atoms with Crippen LogP contribution in [0, 0.1) is 0 Å². The number of esters is 1. The van der Waals surface area contributed by atoms with E-state index in [-0.39, 0.29) is 24.7 Å². The van der Waals surface area contributed by atoms with Crippen LogP contribution >= 0.6 is 0 Å². The smallest absolute Gasteiger partial charge is 0.302 e. The van der Waals surface area contributed by atoms with Gasteiger partial charge in [-0.15, -0.1) is 0 Å². The van der Waals surface area contributed by atoms with Crippen LogP contribution in [0.1, 0.15) is 6.92 Å². The average Bonchev–Trinajstić information content (AvgIpc) is 1.87. The number of carbonyl (C=O) groups is 1. The van der Waals surface area contributed by atoms with Crippen LogP contribution < -0.4 is 0 Å². The van der Waals surface area contributed by atoms with Crippen LogP contribution in [0.5, 0.6) is 0 Å². The topological polar surface area (TPSA) is 87.3 Å². The highest BCUT2D eigenvalue weighted by Crippen LogP contribution is 1.78. The number of hydrogen-bond donors (Lipinski definition) is 1. The van der Waals surface area contributed by atoms with Gasteiger partial charge in [0.15, 0.2) is 0 Å². The zero-order valence-electron chi connectivity index (χ0n) is 6.50. The summed E-state index contributed by atoms with van der Waals surface area (Å²) in [7, 11) is 0. The van der Waals surface area contributed by atoms with Gasteiger partial charge in [0.2, 0.25) is 0 Å². The summed E-state index contributed by atoms with van der Waals surface area (Å²) in [5, 5.41) is 8.24. The van der Waals surface area contributed by atoms with Gasteiger partial charge in [-0.3, -0.25) is 4.79 Å². The maximum Gasteiger partial charge on any atom is 0.302 e. The van der Waals surface area contributed by atoms with E-state index in [9.17, 15) is 4.79 Å². The molecule has 0 bridgehead atoms. The zero-order valence-corrected chi connectivity index (χ0v) is 6.50. The van der Waals surface area contributed by atoms with Gasteiger partial charge < -0.3 is 20.1 Å². The minimum absolute atomic E-state index is 0. The number of ether oxygens (including phenoxy) is 2. The first-order valence-corrected chi connectivity index (χ1v) is 3.09. The molecule has 0 aliphatic carbocycles. The highest BCUT2D eigenvalue weighted by atomic mass is 16.6. The molecule has 11 heavy (non-hydrogen) atoms. The number of aliphatic hydroxyl groups is 1. The molecule has 0 aliphatic rings. The molecule has 0 heterocycles.